The van der Waals surface area contributed by atoms with E-state index in [1.807, 2.05) is 83.8 Å². The van der Waals surface area contributed by atoms with Gasteiger partial charge >= 0.3 is 0 Å². The van der Waals surface area contributed by atoms with Crippen molar-refractivity contribution in [3.05, 3.63) is 125 Å². The maximum Gasteiger partial charge on any atom is 0.273 e. The Bertz CT molecular complexity index is 1760. The number of hydrogen-bond donors (Lipinski definition) is 1. The van der Waals surface area contributed by atoms with Crippen molar-refractivity contribution in [2.24, 2.45) is 0 Å². The Hall–Kier alpha value is -5.42. The van der Waals surface area contributed by atoms with E-state index in [0.29, 0.717) is 39.4 Å². The van der Waals surface area contributed by atoms with Crippen molar-refractivity contribution in [2.45, 2.75) is 12.1 Å². The molecule has 0 spiro atoms. The van der Waals surface area contributed by atoms with Crippen LogP contribution in [0, 0.1) is 10.1 Å². The lowest BCUT2D eigenvalue weighted by Crippen LogP contribution is -2.29. The fourth-order valence-corrected chi connectivity index (χ4v) is 5.38. The molecule has 216 valence electrons. The molecule has 5 aromatic rings. The molecule has 1 fully saturated rings. The van der Waals surface area contributed by atoms with Crippen molar-refractivity contribution in [1.29, 1.82) is 0 Å². The van der Waals surface area contributed by atoms with Gasteiger partial charge < -0.3 is 28.8 Å². The predicted molar refractivity (Wildman–Crippen MR) is 165 cm³/mol. The fraction of sp³-hybridized carbons (Fsp3) is 0.125. The van der Waals surface area contributed by atoms with Gasteiger partial charge in [0.2, 0.25) is 0 Å². The molecule has 0 radical (unpaired) electrons. The molecule has 0 bridgehead atoms. The van der Waals surface area contributed by atoms with Crippen LogP contribution < -0.4 is 24.4 Å². The van der Waals surface area contributed by atoms with Crippen molar-refractivity contribution in [3.8, 4) is 34.3 Å². The van der Waals surface area contributed by atoms with Crippen LogP contribution in [0.4, 0.5) is 11.4 Å². The monoisotopic (exact) mass is 594 g/mol. The van der Waals surface area contributed by atoms with Gasteiger partial charge in [-0.15, -0.1) is 0 Å². The molecular formula is C32H26N4O6S. The van der Waals surface area contributed by atoms with E-state index < -0.39 is 11.0 Å². The molecule has 1 aliphatic heterocycles. The van der Waals surface area contributed by atoms with Gasteiger partial charge in [-0.3, -0.25) is 15.1 Å². The minimum atomic E-state index is -0.465. The van der Waals surface area contributed by atoms with Crippen molar-refractivity contribution >= 4 is 28.7 Å². The van der Waals surface area contributed by atoms with Crippen molar-refractivity contribution < 1.29 is 23.6 Å². The number of furan rings is 1. The van der Waals surface area contributed by atoms with Gasteiger partial charge in [0.05, 0.1) is 42.5 Å². The molecule has 3 aromatic carbocycles. The quantitative estimate of drug-likeness (QED) is 0.106. The number of non-ortho nitro benzene ring substituents is 1. The molecule has 1 aliphatic rings. The highest BCUT2D eigenvalue weighted by Crippen LogP contribution is 2.44. The number of pyridine rings is 1. The van der Waals surface area contributed by atoms with Crippen molar-refractivity contribution in [2.75, 3.05) is 19.1 Å². The normalized spacial score (nSPS) is 16.0. The first-order chi connectivity index (χ1) is 20.9. The molecule has 3 heterocycles. The Labute approximate surface area is 252 Å². The summed E-state index contributed by atoms with van der Waals surface area (Å²) in [6.45, 7) is 0. The second kappa shape index (κ2) is 11.8. The fourth-order valence-electron chi connectivity index (χ4n) is 5.03. The number of thiocarbonyl (C=S) groups is 1. The van der Waals surface area contributed by atoms with Gasteiger partial charge in [-0.1, -0.05) is 6.07 Å². The van der Waals surface area contributed by atoms with Crippen LogP contribution in [0.1, 0.15) is 23.5 Å². The molecule has 1 saturated heterocycles. The summed E-state index contributed by atoms with van der Waals surface area (Å²) in [5.74, 6) is 3.56. The highest BCUT2D eigenvalue weighted by Gasteiger charge is 2.42. The number of nitrogens with one attached hydrogen (secondary N) is 1. The van der Waals surface area contributed by atoms with Crippen LogP contribution in [-0.4, -0.2) is 29.2 Å². The molecule has 0 amide bonds. The minimum absolute atomic E-state index is 0.0708. The molecule has 43 heavy (non-hydrogen) atoms. The summed E-state index contributed by atoms with van der Waals surface area (Å²) in [5, 5.41) is 15.2. The second-order valence-electron chi connectivity index (χ2n) is 9.61. The Morgan fingerprint density at radius 3 is 2.28 bits per heavy atom. The molecule has 6 rings (SSSR count). The predicted octanol–water partition coefficient (Wildman–Crippen LogP) is 7.24. The van der Waals surface area contributed by atoms with E-state index in [1.54, 1.807) is 19.4 Å². The number of rotatable bonds is 9. The van der Waals surface area contributed by atoms with Crippen LogP contribution in [-0.2, 0) is 0 Å². The molecule has 0 unspecified atom stereocenters. The third-order valence-corrected chi connectivity index (χ3v) is 7.40. The lowest BCUT2D eigenvalue weighted by atomic mass is 10.0. The standard InChI is InChI=1S/C32H26N4O6S/c1-39-22-11-13-24(14-12-22)41-23-9-6-20(7-10-23)35-31(30(34-32(35)43)26-5-3-4-18-33-26)28-17-16-27(42-28)25-15-8-21(36(37)38)19-29(25)40-2/h3-19,30-31H,1-2H3,(H,34,43)/t30-,31+/m1/s1. The number of nitro benzene ring substituents is 1. The summed E-state index contributed by atoms with van der Waals surface area (Å²) in [6, 6.07) is 28.1. The molecule has 10 nitrogen and oxygen atoms in total. The molecule has 2 aromatic heterocycles. The third-order valence-electron chi connectivity index (χ3n) is 7.09. The van der Waals surface area contributed by atoms with Crippen LogP contribution in [0.25, 0.3) is 11.3 Å². The van der Waals surface area contributed by atoms with Crippen LogP contribution in [0.2, 0.25) is 0 Å². The molecule has 11 heteroatoms. The highest BCUT2D eigenvalue weighted by atomic mass is 32.1. The second-order valence-corrected chi connectivity index (χ2v) is 10.00. The molecule has 1 N–H and O–H groups in total. The molecule has 0 aliphatic carbocycles. The summed E-state index contributed by atoms with van der Waals surface area (Å²) in [6.07, 6.45) is 1.74. The number of nitrogens with zero attached hydrogens (tertiary/aromatic N) is 3. The summed E-state index contributed by atoms with van der Waals surface area (Å²) in [7, 11) is 3.08. The molecule has 0 saturated carbocycles. The zero-order valence-electron chi connectivity index (χ0n) is 23.2. The Morgan fingerprint density at radius 2 is 1.63 bits per heavy atom. The summed E-state index contributed by atoms with van der Waals surface area (Å²) >= 11 is 5.84. The average molecular weight is 595 g/mol. The van der Waals surface area contributed by atoms with E-state index in [-0.39, 0.29) is 11.7 Å². The largest absolute Gasteiger partial charge is 0.497 e. The smallest absolute Gasteiger partial charge is 0.273 e. The summed E-state index contributed by atoms with van der Waals surface area (Å²) in [5.41, 5.74) is 2.14. The molecule has 2 atom stereocenters. The van der Waals surface area contributed by atoms with Gasteiger partial charge in [0.15, 0.2) is 5.11 Å². The van der Waals surface area contributed by atoms with Gasteiger partial charge in [-0.05, 0) is 91.1 Å². The summed E-state index contributed by atoms with van der Waals surface area (Å²) < 4.78 is 23.1. The van der Waals surface area contributed by atoms with E-state index >= 15 is 0 Å². The first-order valence-corrected chi connectivity index (χ1v) is 13.7. The number of benzene rings is 3. The lowest BCUT2D eigenvalue weighted by Gasteiger charge is -2.26. The van der Waals surface area contributed by atoms with Gasteiger partial charge in [-0.2, -0.15) is 0 Å². The van der Waals surface area contributed by atoms with Crippen LogP contribution in [0.5, 0.6) is 23.0 Å². The minimum Gasteiger partial charge on any atom is -0.497 e. The van der Waals surface area contributed by atoms with Crippen LogP contribution >= 0.6 is 12.2 Å². The van der Waals surface area contributed by atoms with E-state index in [1.165, 1.54) is 19.2 Å². The van der Waals surface area contributed by atoms with Crippen molar-refractivity contribution in [3.63, 3.8) is 0 Å². The average Bonchev–Trinajstić information content (AvgIpc) is 3.66. The Balaban J connectivity index is 1.34. The van der Waals surface area contributed by atoms with Gasteiger partial charge in [0, 0.05) is 18.0 Å². The van der Waals surface area contributed by atoms with E-state index in [2.05, 4.69) is 10.3 Å². The van der Waals surface area contributed by atoms with Gasteiger partial charge in [0.1, 0.15) is 40.6 Å². The number of aromatic nitrogens is 1. The number of ether oxygens (including phenoxy) is 3. The summed E-state index contributed by atoms with van der Waals surface area (Å²) in [4.78, 5) is 17.4. The first kappa shape index (κ1) is 27.7. The van der Waals surface area contributed by atoms with E-state index in [0.717, 1.165) is 17.1 Å². The van der Waals surface area contributed by atoms with Gasteiger partial charge in [0.25, 0.3) is 5.69 Å². The van der Waals surface area contributed by atoms with Crippen LogP contribution in [0.15, 0.2) is 108 Å². The van der Waals surface area contributed by atoms with Crippen molar-refractivity contribution in [1.82, 2.24) is 10.3 Å². The van der Waals surface area contributed by atoms with Gasteiger partial charge in [-0.25, -0.2) is 0 Å². The maximum atomic E-state index is 11.3. The number of methoxy groups -OCH3 is 2. The number of nitro groups is 1. The number of hydrogen-bond acceptors (Lipinski definition) is 8. The van der Waals surface area contributed by atoms with E-state index in [4.69, 9.17) is 30.8 Å². The zero-order valence-corrected chi connectivity index (χ0v) is 24.0. The topological polar surface area (TPSA) is 112 Å². The SMILES string of the molecule is COc1ccc(Oc2ccc(N3C(=S)N[C@H](c4ccccn4)[C@@H]3c3ccc(-c4ccc([N+](=O)[O-])cc4OC)o3)cc2)cc1. The van der Waals surface area contributed by atoms with E-state index in [9.17, 15) is 10.1 Å². The maximum absolute atomic E-state index is 11.3. The Morgan fingerprint density at radius 1 is 0.907 bits per heavy atom. The zero-order chi connectivity index (χ0) is 29.9. The molecular weight excluding hydrogens is 568 g/mol. The Kier molecular flexibility index (Phi) is 7.63. The third kappa shape index (κ3) is 5.57. The number of anilines is 1. The first-order valence-electron chi connectivity index (χ1n) is 13.3. The highest BCUT2D eigenvalue weighted by molar-refractivity contribution is 7.80. The lowest BCUT2D eigenvalue weighted by molar-refractivity contribution is -0.384. The van der Waals surface area contributed by atoms with Crippen LogP contribution in [0.3, 0.4) is 0 Å².